The van der Waals surface area contributed by atoms with Crippen molar-refractivity contribution < 1.29 is 13.2 Å². The molecule has 9 heteroatoms. The van der Waals surface area contributed by atoms with Crippen molar-refractivity contribution in [3.8, 4) is 0 Å². The molecule has 0 bridgehead atoms. The lowest BCUT2D eigenvalue weighted by Crippen LogP contribution is -2.35. The number of nitrogens with zero attached hydrogens (tertiary/aromatic N) is 1. The van der Waals surface area contributed by atoms with Gasteiger partial charge >= 0.3 is 0 Å². The number of hydrogen-bond acceptors (Lipinski definition) is 4. The predicted octanol–water partition coefficient (Wildman–Crippen LogP) is 4.11. The lowest BCUT2D eigenvalue weighted by atomic mass is 9.99. The second kappa shape index (κ2) is 10.7. The van der Waals surface area contributed by atoms with Crippen LogP contribution in [0, 0.1) is 5.41 Å². The zero-order chi connectivity index (χ0) is 23.4. The normalized spacial score (nSPS) is 12.9. The van der Waals surface area contributed by atoms with Gasteiger partial charge in [0.25, 0.3) is 10.0 Å². The molecule has 3 aromatic carbocycles. The van der Waals surface area contributed by atoms with Crippen LogP contribution in [0.2, 0.25) is 0 Å². The van der Waals surface area contributed by atoms with Gasteiger partial charge in [-0.25, -0.2) is 8.42 Å². The number of carbonyl (C=O) groups excluding carboxylic acids is 1. The average molecular weight is 499 g/mol. The molecule has 0 aromatic heterocycles. The van der Waals surface area contributed by atoms with Crippen LogP contribution in [0.15, 0.2) is 77.7 Å². The number of amides is 1. The molecule has 0 saturated heterocycles. The maximum atomic E-state index is 13.0. The molecule has 7 nitrogen and oxygen atoms in total. The SMILES string of the molecule is Cl.N=C(N)c1ccccc1CCC(=O)N1CCCc2cc(NS(=O)(=O)c3ccccc3)ccc21. The highest BCUT2D eigenvalue weighted by Gasteiger charge is 2.23. The summed E-state index contributed by atoms with van der Waals surface area (Å²) in [7, 11) is -3.68. The Kier molecular flexibility index (Phi) is 7.96. The number of rotatable bonds is 7. The molecule has 4 rings (SSSR count). The van der Waals surface area contributed by atoms with Crippen LogP contribution in [0.25, 0.3) is 0 Å². The molecule has 4 N–H and O–H groups in total. The van der Waals surface area contributed by atoms with Crippen molar-refractivity contribution in [2.75, 3.05) is 16.2 Å². The van der Waals surface area contributed by atoms with E-state index in [2.05, 4.69) is 4.72 Å². The summed E-state index contributed by atoms with van der Waals surface area (Å²) in [6, 6.07) is 20.9. The molecular formula is C25H27ClN4O3S. The maximum Gasteiger partial charge on any atom is 0.261 e. The Hall–Kier alpha value is -3.36. The van der Waals surface area contributed by atoms with E-state index in [4.69, 9.17) is 11.1 Å². The van der Waals surface area contributed by atoms with Gasteiger partial charge in [0.05, 0.1) is 4.90 Å². The number of nitrogens with two attached hydrogens (primary N) is 1. The highest BCUT2D eigenvalue weighted by atomic mass is 35.5. The van der Waals surface area contributed by atoms with Crippen molar-refractivity contribution in [2.45, 2.75) is 30.6 Å². The third-order valence-corrected chi connectivity index (χ3v) is 7.12. The van der Waals surface area contributed by atoms with E-state index in [1.807, 2.05) is 18.2 Å². The van der Waals surface area contributed by atoms with Crippen LogP contribution in [0.5, 0.6) is 0 Å². The molecule has 1 aliphatic rings. The zero-order valence-electron chi connectivity index (χ0n) is 18.5. The van der Waals surface area contributed by atoms with Crippen LogP contribution in [-0.2, 0) is 27.7 Å². The van der Waals surface area contributed by atoms with Gasteiger partial charge in [-0.1, -0.05) is 42.5 Å². The summed E-state index contributed by atoms with van der Waals surface area (Å²) in [4.78, 5) is 15.0. The summed E-state index contributed by atoms with van der Waals surface area (Å²) in [6.45, 7) is 0.620. The number of sulfonamides is 1. The molecule has 1 heterocycles. The molecule has 34 heavy (non-hydrogen) atoms. The van der Waals surface area contributed by atoms with E-state index in [9.17, 15) is 13.2 Å². The molecule has 0 atom stereocenters. The Morgan fingerprint density at radius 3 is 2.47 bits per heavy atom. The number of aryl methyl sites for hydroxylation is 2. The molecular weight excluding hydrogens is 472 g/mol. The first-order valence-electron chi connectivity index (χ1n) is 10.8. The van der Waals surface area contributed by atoms with Crippen LogP contribution in [0.4, 0.5) is 11.4 Å². The second-order valence-electron chi connectivity index (χ2n) is 7.98. The lowest BCUT2D eigenvalue weighted by Gasteiger charge is -2.30. The zero-order valence-corrected chi connectivity index (χ0v) is 20.2. The Balaban J connectivity index is 0.00000324. The van der Waals surface area contributed by atoms with Crippen molar-refractivity contribution in [1.82, 2.24) is 0 Å². The largest absolute Gasteiger partial charge is 0.384 e. The van der Waals surface area contributed by atoms with Crippen molar-refractivity contribution in [3.63, 3.8) is 0 Å². The first kappa shape index (κ1) is 25.3. The number of nitrogens with one attached hydrogen (secondary N) is 2. The summed E-state index contributed by atoms with van der Waals surface area (Å²) in [5.41, 5.74) is 9.41. The van der Waals surface area contributed by atoms with Crippen molar-refractivity contribution in [3.05, 3.63) is 89.5 Å². The number of benzene rings is 3. The van der Waals surface area contributed by atoms with E-state index in [1.165, 1.54) is 0 Å². The molecule has 1 aliphatic heterocycles. The lowest BCUT2D eigenvalue weighted by molar-refractivity contribution is -0.118. The standard InChI is InChI=1S/C25H26N4O3S.ClH/c26-25(27)22-11-5-4-7-18(22)12-15-24(30)29-16-6-8-19-17-20(13-14-23(19)29)28-33(31,32)21-9-2-1-3-10-21;/h1-5,7,9-11,13-14,17,28H,6,8,12,15-16H2,(H3,26,27);1H. The first-order chi connectivity index (χ1) is 15.8. The summed E-state index contributed by atoms with van der Waals surface area (Å²) in [5.74, 6) is -0.0150. The van der Waals surface area contributed by atoms with Crippen LogP contribution in [0.1, 0.15) is 29.5 Å². The Labute approximate surface area is 206 Å². The van der Waals surface area contributed by atoms with E-state index in [0.717, 1.165) is 29.7 Å². The predicted molar refractivity (Wildman–Crippen MR) is 137 cm³/mol. The number of amidine groups is 1. The van der Waals surface area contributed by atoms with Crippen LogP contribution < -0.4 is 15.4 Å². The minimum atomic E-state index is -3.68. The molecule has 0 unspecified atom stereocenters. The maximum absolute atomic E-state index is 13.0. The van der Waals surface area contributed by atoms with Crippen LogP contribution in [-0.4, -0.2) is 26.7 Å². The highest BCUT2D eigenvalue weighted by molar-refractivity contribution is 7.92. The van der Waals surface area contributed by atoms with E-state index < -0.39 is 10.0 Å². The molecule has 0 saturated carbocycles. The fourth-order valence-corrected chi connectivity index (χ4v) is 5.18. The summed E-state index contributed by atoms with van der Waals surface area (Å²) >= 11 is 0. The van der Waals surface area contributed by atoms with Crippen molar-refractivity contribution in [1.29, 1.82) is 5.41 Å². The van der Waals surface area contributed by atoms with E-state index in [-0.39, 0.29) is 29.0 Å². The molecule has 3 aromatic rings. The number of carbonyl (C=O) groups is 1. The highest BCUT2D eigenvalue weighted by Crippen LogP contribution is 2.31. The molecule has 0 aliphatic carbocycles. The van der Waals surface area contributed by atoms with Crippen LogP contribution >= 0.6 is 12.4 Å². The fraction of sp³-hybridized carbons (Fsp3) is 0.200. The van der Waals surface area contributed by atoms with Crippen molar-refractivity contribution >= 4 is 45.5 Å². The smallest absolute Gasteiger partial charge is 0.261 e. The molecule has 0 radical (unpaired) electrons. The summed E-state index contributed by atoms with van der Waals surface area (Å²) < 4.78 is 27.9. The molecule has 0 spiro atoms. The van der Waals surface area contributed by atoms with Gasteiger partial charge in [-0.2, -0.15) is 0 Å². The first-order valence-corrected chi connectivity index (χ1v) is 12.3. The Morgan fingerprint density at radius 1 is 1.03 bits per heavy atom. The van der Waals surface area contributed by atoms with Gasteiger partial charge in [-0.15, -0.1) is 12.4 Å². The van der Waals surface area contributed by atoms with E-state index in [1.54, 1.807) is 59.5 Å². The number of halogens is 1. The van der Waals surface area contributed by atoms with E-state index in [0.29, 0.717) is 30.6 Å². The van der Waals surface area contributed by atoms with Gasteiger partial charge in [0.1, 0.15) is 5.84 Å². The number of fused-ring (bicyclic) bond motifs is 1. The Bertz CT molecular complexity index is 1300. The average Bonchev–Trinajstić information content (AvgIpc) is 2.82. The number of anilines is 2. The third-order valence-electron chi connectivity index (χ3n) is 5.72. The fourth-order valence-electron chi connectivity index (χ4n) is 4.11. The van der Waals surface area contributed by atoms with Gasteiger partial charge in [0, 0.05) is 29.9 Å². The summed E-state index contributed by atoms with van der Waals surface area (Å²) in [5, 5.41) is 7.73. The molecule has 0 fully saturated rings. The van der Waals surface area contributed by atoms with Gasteiger partial charge in [-0.05, 0) is 60.7 Å². The monoisotopic (exact) mass is 498 g/mol. The third kappa shape index (κ3) is 5.58. The quantitative estimate of drug-likeness (QED) is 0.335. The van der Waals surface area contributed by atoms with Gasteiger partial charge in [-0.3, -0.25) is 14.9 Å². The minimum Gasteiger partial charge on any atom is -0.384 e. The second-order valence-corrected chi connectivity index (χ2v) is 9.66. The Morgan fingerprint density at radius 2 is 1.74 bits per heavy atom. The van der Waals surface area contributed by atoms with Gasteiger partial charge < -0.3 is 10.6 Å². The molecule has 1 amide bonds. The molecule has 178 valence electrons. The number of hydrogen-bond donors (Lipinski definition) is 3. The van der Waals surface area contributed by atoms with E-state index >= 15 is 0 Å². The van der Waals surface area contributed by atoms with Gasteiger partial charge in [0.15, 0.2) is 0 Å². The minimum absolute atomic E-state index is 0. The number of nitrogen functional groups attached to an aromatic ring is 1. The van der Waals surface area contributed by atoms with Crippen LogP contribution in [0.3, 0.4) is 0 Å². The topological polar surface area (TPSA) is 116 Å². The summed E-state index contributed by atoms with van der Waals surface area (Å²) in [6.07, 6.45) is 2.37. The van der Waals surface area contributed by atoms with Gasteiger partial charge in [0.2, 0.25) is 5.91 Å². The van der Waals surface area contributed by atoms with Crippen molar-refractivity contribution in [2.24, 2.45) is 5.73 Å².